The van der Waals surface area contributed by atoms with Gasteiger partial charge in [-0.05, 0) is 26.0 Å². The van der Waals surface area contributed by atoms with Crippen LogP contribution >= 0.6 is 0 Å². The number of para-hydroxylation sites is 1. The molecule has 0 aliphatic carbocycles. The molecule has 3 aromatic rings. The molecule has 122 valence electrons. The first-order valence-electron chi connectivity index (χ1n) is 7.93. The van der Waals surface area contributed by atoms with Crippen LogP contribution < -0.4 is 0 Å². The molecule has 0 saturated carbocycles. The molecule has 7 heteroatoms. The number of fused-ring (bicyclic) bond motifs is 3. The summed E-state index contributed by atoms with van der Waals surface area (Å²) < 4.78 is 3.85. The van der Waals surface area contributed by atoms with Gasteiger partial charge in [-0.1, -0.05) is 12.1 Å². The van der Waals surface area contributed by atoms with Gasteiger partial charge in [0.1, 0.15) is 0 Å². The molecule has 0 atom stereocenters. The number of hydrogen-bond acceptors (Lipinski definition) is 4. The Bertz CT molecular complexity index is 938. The summed E-state index contributed by atoms with van der Waals surface area (Å²) in [6, 6.07) is 7.57. The molecule has 1 aliphatic rings. The maximum Gasteiger partial charge on any atom is 0.256 e. The summed E-state index contributed by atoms with van der Waals surface area (Å²) in [6.45, 7) is 5.22. The Morgan fingerprint density at radius 2 is 1.96 bits per heavy atom. The monoisotopic (exact) mass is 322 g/mol. The first kappa shape index (κ1) is 14.6. The lowest BCUT2D eigenvalue weighted by Gasteiger charge is -2.12. The van der Waals surface area contributed by atoms with Crippen molar-refractivity contribution >= 4 is 5.91 Å². The van der Waals surface area contributed by atoms with E-state index in [4.69, 9.17) is 0 Å². The Labute approximate surface area is 139 Å². The summed E-state index contributed by atoms with van der Waals surface area (Å²) in [7, 11) is 1.78. The lowest BCUT2D eigenvalue weighted by atomic mass is 10.1. The molecule has 1 aromatic carbocycles. The van der Waals surface area contributed by atoms with Crippen LogP contribution in [0.4, 0.5) is 0 Å². The summed E-state index contributed by atoms with van der Waals surface area (Å²) in [4.78, 5) is 14.3. The Morgan fingerprint density at radius 1 is 1.17 bits per heavy atom. The minimum atomic E-state index is -0.0111. The number of benzene rings is 1. The van der Waals surface area contributed by atoms with Gasteiger partial charge < -0.3 is 4.90 Å². The normalized spacial score (nSPS) is 13.6. The molecule has 2 aromatic heterocycles. The molecule has 0 fully saturated rings. The second kappa shape index (κ2) is 5.30. The quantitative estimate of drug-likeness (QED) is 0.724. The molecule has 7 nitrogen and oxygen atoms in total. The van der Waals surface area contributed by atoms with Crippen LogP contribution in [0.5, 0.6) is 0 Å². The first-order valence-corrected chi connectivity index (χ1v) is 7.93. The molecule has 1 amide bonds. The van der Waals surface area contributed by atoms with Crippen LogP contribution in [-0.4, -0.2) is 42.4 Å². The van der Waals surface area contributed by atoms with E-state index >= 15 is 0 Å². The van der Waals surface area contributed by atoms with Crippen LogP contribution in [0.25, 0.3) is 17.1 Å². The number of rotatable bonds is 2. The molecule has 24 heavy (non-hydrogen) atoms. The second-order valence-corrected chi connectivity index (χ2v) is 5.94. The summed E-state index contributed by atoms with van der Waals surface area (Å²) in [5.74, 6) is 1.45. The van der Waals surface area contributed by atoms with Gasteiger partial charge in [-0.2, -0.15) is 5.10 Å². The molecule has 0 saturated heterocycles. The van der Waals surface area contributed by atoms with Crippen LogP contribution in [0.3, 0.4) is 0 Å². The molecular formula is C17H18N6O. The number of aryl methyl sites for hydroxylation is 2. The molecule has 1 aliphatic heterocycles. The van der Waals surface area contributed by atoms with E-state index < -0.39 is 0 Å². The maximum atomic E-state index is 12.6. The zero-order valence-corrected chi connectivity index (χ0v) is 13.9. The van der Waals surface area contributed by atoms with Crippen LogP contribution in [0.2, 0.25) is 0 Å². The average Bonchev–Trinajstić information content (AvgIpc) is 3.14. The standard InChI is InChI=1S/C17H18N6O/c1-4-22-9-13(11(2)20-22)16-19-18-15-10-21(3)17(24)12-7-5-6-8-14(12)23(15)16/h5-9H,4,10H2,1-3H3. The van der Waals surface area contributed by atoms with Crippen LogP contribution in [-0.2, 0) is 13.1 Å². The number of nitrogens with zero attached hydrogens (tertiary/aromatic N) is 6. The average molecular weight is 322 g/mol. The van der Waals surface area contributed by atoms with E-state index in [-0.39, 0.29) is 5.91 Å². The SMILES string of the molecule is CCn1cc(-c2nnc3n2-c2ccccc2C(=O)N(C)C3)c(C)n1. The van der Waals surface area contributed by atoms with Gasteiger partial charge in [0.05, 0.1) is 29.1 Å². The van der Waals surface area contributed by atoms with E-state index in [0.717, 1.165) is 35.1 Å². The van der Waals surface area contributed by atoms with E-state index in [2.05, 4.69) is 15.3 Å². The topological polar surface area (TPSA) is 68.8 Å². The van der Waals surface area contributed by atoms with Crippen molar-refractivity contribution in [1.82, 2.24) is 29.4 Å². The van der Waals surface area contributed by atoms with Gasteiger partial charge in [0, 0.05) is 19.8 Å². The highest BCUT2D eigenvalue weighted by Gasteiger charge is 2.28. The molecular weight excluding hydrogens is 304 g/mol. The molecule has 4 rings (SSSR count). The van der Waals surface area contributed by atoms with Crippen LogP contribution in [0.15, 0.2) is 30.5 Å². The van der Waals surface area contributed by atoms with Gasteiger partial charge >= 0.3 is 0 Å². The largest absolute Gasteiger partial charge is 0.334 e. The maximum absolute atomic E-state index is 12.6. The predicted molar refractivity (Wildman–Crippen MR) is 88.8 cm³/mol. The van der Waals surface area contributed by atoms with Crippen molar-refractivity contribution in [3.63, 3.8) is 0 Å². The lowest BCUT2D eigenvalue weighted by Crippen LogP contribution is -2.25. The highest BCUT2D eigenvalue weighted by Crippen LogP contribution is 2.30. The van der Waals surface area contributed by atoms with E-state index in [9.17, 15) is 4.79 Å². The summed E-state index contributed by atoms with van der Waals surface area (Å²) in [6.07, 6.45) is 1.98. The van der Waals surface area contributed by atoms with Crippen molar-refractivity contribution in [3.8, 4) is 17.1 Å². The fourth-order valence-corrected chi connectivity index (χ4v) is 3.08. The lowest BCUT2D eigenvalue weighted by molar-refractivity contribution is 0.0786. The van der Waals surface area contributed by atoms with Crippen molar-refractivity contribution in [2.45, 2.75) is 26.9 Å². The highest BCUT2D eigenvalue weighted by atomic mass is 16.2. The van der Waals surface area contributed by atoms with Crippen LogP contribution in [0, 0.1) is 6.92 Å². The molecule has 0 bridgehead atoms. The van der Waals surface area contributed by atoms with Crippen molar-refractivity contribution < 1.29 is 4.79 Å². The van der Waals surface area contributed by atoms with Crippen molar-refractivity contribution in [1.29, 1.82) is 0 Å². The number of amides is 1. The Hall–Kier alpha value is -2.96. The van der Waals surface area contributed by atoms with Gasteiger partial charge in [-0.3, -0.25) is 14.0 Å². The highest BCUT2D eigenvalue weighted by molar-refractivity contribution is 5.98. The Morgan fingerprint density at radius 3 is 2.71 bits per heavy atom. The van der Waals surface area contributed by atoms with Crippen molar-refractivity contribution in [2.24, 2.45) is 0 Å². The third-order valence-electron chi connectivity index (χ3n) is 4.34. The van der Waals surface area contributed by atoms with Gasteiger partial charge in [-0.15, -0.1) is 10.2 Å². The Kier molecular flexibility index (Phi) is 3.23. The Balaban J connectivity index is 1.99. The third kappa shape index (κ3) is 2.05. The number of aromatic nitrogens is 5. The van der Waals surface area contributed by atoms with Gasteiger partial charge in [0.15, 0.2) is 11.6 Å². The fourth-order valence-electron chi connectivity index (χ4n) is 3.08. The van der Waals surface area contributed by atoms with E-state index in [1.807, 2.05) is 53.6 Å². The zero-order chi connectivity index (χ0) is 16.8. The smallest absolute Gasteiger partial charge is 0.256 e. The minimum Gasteiger partial charge on any atom is -0.334 e. The number of carbonyl (C=O) groups is 1. The van der Waals surface area contributed by atoms with Crippen molar-refractivity contribution in [2.75, 3.05) is 7.05 Å². The molecule has 0 spiro atoms. The summed E-state index contributed by atoms with van der Waals surface area (Å²) in [5, 5.41) is 13.2. The van der Waals surface area contributed by atoms with E-state index in [0.29, 0.717) is 12.1 Å². The van der Waals surface area contributed by atoms with Gasteiger partial charge in [0.25, 0.3) is 5.91 Å². The van der Waals surface area contributed by atoms with Crippen molar-refractivity contribution in [3.05, 3.63) is 47.5 Å². The third-order valence-corrected chi connectivity index (χ3v) is 4.34. The van der Waals surface area contributed by atoms with Crippen LogP contribution in [0.1, 0.15) is 28.8 Å². The fraction of sp³-hybridized carbons (Fsp3) is 0.294. The number of carbonyl (C=O) groups excluding carboxylic acids is 1. The van der Waals surface area contributed by atoms with E-state index in [1.54, 1.807) is 11.9 Å². The van der Waals surface area contributed by atoms with Gasteiger partial charge in [-0.25, -0.2) is 0 Å². The predicted octanol–water partition coefficient (Wildman–Crippen LogP) is 2.04. The molecule has 0 unspecified atom stereocenters. The molecule has 0 N–H and O–H groups in total. The first-order chi connectivity index (χ1) is 11.6. The summed E-state index contributed by atoms with van der Waals surface area (Å²) >= 11 is 0. The number of hydrogen-bond donors (Lipinski definition) is 0. The zero-order valence-electron chi connectivity index (χ0n) is 13.9. The van der Waals surface area contributed by atoms with Gasteiger partial charge in [0.2, 0.25) is 0 Å². The minimum absolute atomic E-state index is 0.0111. The molecule has 3 heterocycles. The van der Waals surface area contributed by atoms with E-state index in [1.165, 1.54) is 0 Å². The molecule has 0 radical (unpaired) electrons. The second-order valence-electron chi connectivity index (χ2n) is 5.94. The summed E-state index contributed by atoms with van der Waals surface area (Å²) in [5.41, 5.74) is 3.29.